The molecule has 0 fully saturated rings. The molecule has 0 N–H and O–H groups in total. The Labute approximate surface area is 95.5 Å². The molecular weight excluding hydrogens is 202 g/mol. The third kappa shape index (κ3) is 4.58. The van der Waals surface area contributed by atoms with Crippen LogP contribution >= 0.6 is 0 Å². The molecule has 0 amide bonds. The van der Waals surface area contributed by atoms with Crippen LogP contribution in [0.3, 0.4) is 0 Å². The van der Waals surface area contributed by atoms with E-state index in [9.17, 15) is 4.79 Å². The van der Waals surface area contributed by atoms with Crippen LogP contribution in [0.15, 0.2) is 35.5 Å². The molecule has 0 unspecified atom stereocenters. The van der Waals surface area contributed by atoms with Gasteiger partial charge in [0.15, 0.2) is 0 Å². The second kappa shape index (κ2) is 5.29. The fourth-order valence-electron chi connectivity index (χ4n) is 1.15. The summed E-state index contributed by atoms with van der Waals surface area (Å²) in [6.45, 7) is 6.00. The van der Waals surface area contributed by atoms with Gasteiger partial charge in [0.2, 0.25) is 6.08 Å². The van der Waals surface area contributed by atoms with E-state index in [1.165, 1.54) is 12.3 Å². The van der Waals surface area contributed by atoms with E-state index in [0.29, 0.717) is 0 Å². The molecule has 0 spiro atoms. The van der Waals surface area contributed by atoms with Crippen molar-refractivity contribution in [2.75, 3.05) is 0 Å². The number of aliphatic imine (C=N–C) groups is 1. The molecule has 0 aromatic heterocycles. The van der Waals surface area contributed by atoms with Crippen LogP contribution < -0.4 is 4.74 Å². The SMILES string of the molecule is CC(C)(C)Oc1ccc(C=CN=C=O)cc1. The van der Waals surface area contributed by atoms with Gasteiger partial charge in [-0.1, -0.05) is 12.1 Å². The highest BCUT2D eigenvalue weighted by Crippen LogP contribution is 2.18. The van der Waals surface area contributed by atoms with Gasteiger partial charge < -0.3 is 4.74 Å². The van der Waals surface area contributed by atoms with Crippen LogP contribution in [0.25, 0.3) is 6.08 Å². The molecule has 0 aliphatic heterocycles. The summed E-state index contributed by atoms with van der Waals surface area (Å²) >= 11 is 0. The predicted molar refractivity (Wildman–Crippen MR) is 64.0 cm³/mol. The Kier molecular flexibility index (Phi) is 4.03. The van der Waals surface area contributed by atoms with Gasteiger partial charge in [0.1, 0.15) is 11.4 Å². The maximum Gasteiger partial charge on any atom is 0.239 e. The highest BCUT2D eigenvalue weighted by Gasteiger charge is 2.10. The van der Waals surface area contributed by atoms with Crippen molar-refractivity contribution in [1.29, 1.82) is 0 Å². The first-order valence-corrected chi connectivity index (χ1v) is 5.04. The van der Waals surface area contributed by atoms with E-state index in [2.05, 4.69) is 4.99 Å². The van der Waals surface area contributed by atoms with Gasteiger partial charge in [0.05, 0.1) is 0 Å². The average molecular weight is 217 g/mol. The number of hydrogen-bond acceptors (Lipinski definition) is 3. The zero-order valence-electron chi connectivity index (χ0n) is 9.73. The molecule has 0 saturated heterocycles. The Bertz CT molecular complexity index is 407. The Morgan fingerprint density at radius 1 is 1.25 bits per heavy atom. The molecular formula is C13H15NO2. The van der Waals surface area contributed by atoms with Crippen LogP contribution in [0, 0.1) is 0 Å². The second-order valence-electron chi connectivity index (χ2n) is 4.32. The van der Waals surface area contributed by atoms with E-state index < -0.39 is 0 Å². The van der Waals surface area contributed by atoms with Crippen molar-refractivity contribution in [2.24, 2.45) is 4.99 Å². The van der Waals surface area contributed by atoms with Crippen LogP contribution in [0.1, 0.15) is 26.3 Å². The van der Waals surface area contributed by atoms with Crippen molar-refractivity contribution in [3.8, 4) is 5.75 Å². The average Bonchev–Trinajstić information content (AvgIpc) is 2.19. The summed E-state index contributed by atoms with van der Waals surface area (Å²) in [5, 5.41) is 0. The number of benzene rings is 1. The molecule has 0 atom stereocenters. The molecule has 0 aliphatic rings. The lowest BCUT2D eigenvalue weighted by Crippen LogP contribution is -2.22. The standard InChI is InChI=1S/C13H15NO2/c1-13(2,3)16-12-6-4-11(5-7-12)8-9-14-10-15/h4-9H,1-3H3. The maximum atomic E-state index is 9.84. The van der Waals surface area contributed by atoms with Gasteiger partial charge in [0.25, 0.3) is 0 Å². The molecule has 16 heavy (non-hydrogen) atoms. The minimum atomic E-state index is -0.195. The van der Waals surface area contributed by atoms with Crippen LogP contribution in [0.2, 0.25) is 0 Å². The normalized spacial score (nSPS) is 11.2. The molecule has 0 radical (unpaired) electrons. The van der Waals surface area contributed by atoms with Crippen molar-refractivity contribution >= 4 is 12.2 Å². The number of carbonyl (C=O) groups excluding carboxylic acids is 1. The second-order valence-corrected chi connectivity index (χ2v) is 4.32. The lowest BCUT2D eigenvalue weighted by atomic mass is 10.1. The van der Waals surface area contributed by atoms with Crippen LogP contribution in [-0.2, 0) is 4.79 Å². The molecule has 3 nitrogen and oxygen atoms in total. The number of rotatable bonds is 3. The number of isocyanates is 1. The van der Waals surface area contributed by atoms with Crippen LogP contribution in [0.5, 0.6) is 5.75 Å². The van der Waals surface area contributed by atoms with E-state index in [1.54, 1.807) is 6.08 Å². The van der Waals surface area contributed by atoms with Crippen LogP contribution in [-0.4, -0.2) is 11.7 Å². The van der Waals surface area contributed by atoms with Gasteiger partial charge in [-0.25, -0.2) is 4.79 Å². The minimum absolute atomic E-state index is 0.195. The number of ether oxygens (including phenoxy) is 1. The first-order valence-electron chi connectivity index (χ1n) is 5.04. The first kappa shape index (κ1) is 12.2. The quantitative estimate of drug-likeness (QED) is 0.576. The van der Waals surface area contributed by atoms with E-state index >= 15 is 0 Å². The zero-order valence-corrected chi connectivity index (χ0v) is 9.73. The molecule has 84 valence electrons. The molecule has 0 bridgehead atoms. The lowest BCUT2D eigenvalue weighted by Gasteiger charge is -2.21. The van der Waals surface area contributed by atoms with Crippen LogP contribution in [0.4, 0.5) is 0 Å². The Balaban J connectivity index is 2.71. The Morgan fingerprint density at radius 2 is 1.88 bits per heavy atom. The molecule has 3 heteroatoms. The number of hydrogen-bond donors (Lipinski definition) is 0. The van der Waals surface area contributed by atoms with Gasteiger partial charge in [0, 0.05) is 6.20 Å². The summed E-state index contributed by atoms with van der Waals surface area (Å²) < 4.78 is 5.67. The Morgan fingerprint density at radius 3 is 2.38 bits per heavy atom. The van der Waals surface area contributed by atoms with Crippen molar-refractivity contribution in [1.82, 2.24) is 0 Å². The van der Waals surface area contributed by atoms with E-state index in [1.807, 2.05) is 45.0 Å². The van der Waals surface area contributed by atoms with Crippen molar-refractivity contribution < 1.29 is 9.53 Å². The molecule has 1 aromatic rings. The summed E-state index contributed by atoms with van der Waals surface area (Å²) in [6.07, 6.45) is 4.58. The minimum Gasteiger partial charge on any atom is -0.488 e. The first-order chi connectivity index (χ1) is 7.51. The van der Waals surface area contributed by atoms with E-state index in [0.717, 1.165) is 11.3 Å². The van der Waals surface area contributed by atoms with E-state index in [4.69, 9.17) is 4.74 Å². The fraction of sp³-hybridized carbons (Fsp3) is 0.308. The van der Waals surface area contributed by atoms with Gasteiger partial charge in [-0.15, -0.1) is 0 Å². The van der Waals surface area contributed by atoms with Gasteiger partial charge in [-0.2, -0.15) is 4.99 Å². The van der Waals surface area contributed by atoms with E-state index in [-0.39, 0.29) is 5.60 Å². The fourth-order valence-corrected chi connectivity index (χ4v) is 1.15. The monoisotopic (exact) mass is 217 g/mol. The van der Waals surface area contributed by atoms with Crippen molar-refractivity contribution in [3.05, 3.63) is 36.0 Å². The van der Waals surface area contributed by atoms with Crippen molar-refractivity contribution in [3.63, 3.8) is 0 Å². The molecule has 0 aliphatic carbocycles. The smallest absolute Gasteiger partial charge is 0.239 e. The Hall–Kier alpha value is -1.86. The number of nitrogens with zero attached hydrogens (tertiary/aromatic N) is 1. The topological polar surface area (TPSA) is 38.7 Å². The summed E-state index contributed by atoms with van der Waals surface area (Å²) in [5.74, 6) is 0.823. The maximum absolute atomic E-state index is 9.84. The molecule has 0 heterocycles. The van der Waals surface area contributed by atoms with Gasteiger partial charge in [-0.05, 0) is 44.5 Å². The zero-order chi connectivity index (χ0) is 12.0. The largest absolute Gasteiger partial charge is 0.488 e. The third-order valence-electron chi connectivity index (χ3n) is 1.70. The highest BCUT2D eigenvalue weighted by atomic mass is 16.5. The van der Waals surface area contributed by atoms with Gasteiger partial charge >= 0.3 is 0 Å². The summed E-state index contributed by atoms with van der Waals surface area (Å²) in [6, 6.07) is 7.57. The summed E-state index contributed by atoms with van der Waals surface area (Å²) in [7, 11) is 0. The molecule has 1 rings (SSSR count). The highest BCUT2D eigenvalue weighted by molar-refractivity contribution is 5.51. The third-order valence-corrected chi connectivity index (χ3v) is 1.70. The van der Waals surface area contributed by atoms with Gasteiger partial charge in [-0.3, -0.25) is 0 Å². The molecule has 1 aromatic carbocycles. The van der Waals surface area contributed by atoms with Crippen molar-refractivity contribution in [2.45, 2.75) is 26.4 Å². The predicted octanol–water partition coefficient (Wildman–Crippen LogP) is 3.17. The summed E-state index contributed by atoms with van der Waals surface area (Å²) in [5.41, 5.74) is 0.763. The lowest BCUT2D eigenvalue weighted by molar-refractivity contribution is 0.131. The molecule has 0 saturated carbocycles. The summed E-state index contributed by atoms with van der Waals surface area (Å²) in [4.78, 5) is 13.2.